The van der Waals surface area contributed by atoms with Crippen molar-refractivity contribution in [3.05, 3.63) is 159 Å². The minimum atomic E-state index is -6.19. The molecule has 5 aromatic carbocycles. The lowest BCUT2D eigenvalue weighted by atomic mass is 9.72. The third kappa shape index (κ3) is 21.9. The molecule has 31 heteroatoms. The molecule has 1 unspecified atom stereocenters. The Kier molecular flexibility index (Phi) is 28.0. The number of fused-ring (bicyclic) bond motifs is 3. The SMILES string of the molecule is Cc1ncsc1-c1ccc([C@H](C)NC(=O)[C@@H]2C[C@@H](O)CN2C(=O)[C@@H](NC(=O)CNCCOCCOCC(=O)N2CCN(CC[C@H](CSc3ccccc3)Nc3ccc(S(=O)(=O)NC(=O)c4ccc5c(c4)CCC4CN(CC6=C(c7ccc(Cl)cc7)CCC(C)(C)C6)CCN54)cc3S(=O)(=O)C(F)(F)F)CC2)C(C)(C)C)cc1. The molecule has 6 N–H and O–H groups in total. The van der Waals surface area contributed by atoms with Crippen LogP contribution < -0.4 is 30.9 Å². The highest BCUT2D eigenvalue weighted by atomic mass is 35.5. The lowest BCUT2D eigenvalue weighted by Crippen LogP contribution is -2.58. The summed E-state index contributed by atoms with van der Waals surface area (Å²) in [5.74, 6) is -2.37. The van der Waals surface area contributed by atoms with Crippen LogP contribution in [0.25, 0.3) is 16.0 Å². The lowest BCUT2D eigenvalue weighted by Gasteiger charge is -2.47. The number of benzene rings is 5. The normalized spacial score (nSPS) is 19.4. The fourth-order valence-electron chi connectivity index (χ4n) is 15.1. The van der Waals surface area contributed by atoms with E-state index in [1.165, 1.54) is 39.4 Å². The number of amides is 5. The standard InChI is InChI=1S/C80H101ClF3N11O12S4/c1-52(54-13-15-56(16-14-54)73-53(2)86-51-109-73)87-76(100)69-42-63(96)48-95(69)77(101)74(78(3,4)5)89-71(97)45-85-30-38-106-39-40-107-49-72(98)93-35-32-91(33-36-93)31-28-61(50-108-64-11-9-8-10-12-64)88-67-25-24-65(43-70(67)110(102,103)80(82,83)84)111(104,105)90-75(99)58-20-26-68-57(41-58)19-23-62-47-92(34-37-94(62)68)46-59-44-79(6,7)29-27-66(59)55-17-21-60(81)22-18-55/h8-18,20-22,24-26,41,43,51-52,61-63,69,74,85,88,96H,19,23,27-40,42,44-50H2,1-7H3,(H,87,100)(H,89,97)(H,90,99)/t52-,61+,62?,63+,69-,74+/m0/s1. The topological polar surface area (TPSA) is 282 Å². The van der Waals surface area contributed by atoms with E-state index in [9.17, 15) is 59.1 Å². The van der Waals surface area contributed by atoms with E-state index in [0.717, 1.165) is 102 Å². The minimum Gasteiger partial charge on any atom is -0.391 e. The summed E-state index contributed by atoms with van der Waals surface area (Å²) in [6, 6.07) is 29.6. The summed E-state index contributed by atoms with van der Waals surface area (Å²) in [6.45, 7) is 19.4. The highest BCUT2D eigenvalue weighted by molar-refractivity contribution is 7.99. The Hall–Kier alpha value is -7.49. The van der Waals surface area contributed by atoms with E-state index in [4.69, 9.17) is 21.1 Å². The molecular formula is C80H101ClF3N11O12S4. The largest absolute Gasteiger partial charge is 0.501 e. The number of rotatable bonds is 31. The number of anilines is 2. The fraction of sp³-hybridized carbons (Fsp3) is 0.500. The number of aliphatic hydroxyl groups is 1. The van der Waals surface area contributed by atoms with Gasteiger partial charge >= 0.3 is 5.51 Å². The van der Waals surface area contributed by atoms with Gasteiger partial charge in [0.15, 0.2) is 0 Å². The smallest absolute Gasteiger partial charge is 0.391 e. The molecule has 0 spiro atoms. The summed E-state index contributed by atoms with van der Waals surface area (Å²) in [5.41, 5.74) is 3.58. The van der Waals surface area contributed by atoms with E-state index in [0.29, 0.717) is 56.7 Å². The number of β-amino-alcohol motifs (C(OH)–C–C–N with tert-alkyl or cyclic N) is 1. The molecular weight excluding hydrogens is 1530 g/mol. The molecule has 0 radical (unpaired) electrons. The number of halogens is 4. The molecule has 23 nitrogen and oxygen atoms in total. The Labute approximate surface area is 662 Å². The zero-order valence-electron chi connectivity index (χ0n) is 63.7. The van der Waals surface area contributed by atoms with Crippen LogP contribution in [0.4, 0.5) is 24.5 Å². The van der Waals surface area contributed by atoms with Gasteiger partial charge in [-0.2, -0.15) is 13.2 Å². The van der Waals surface area contributed by atoms with Crippen molar-refractivity contribution in [1.29, 1.82) is 0 Å². The van der Waals surface area contributed by atoms with E-state index >= 15 is 0 Å². The number of carbonyl (C=O) groups excluding carboxylic acids is 5. The maximum atomic E-state index is 14.6. The number of hydrogen-bond donors (Lipinski definition) is 6. The maximum absolute atomic E-state index is 14.6. The third-order valence-corrected chi connectivity index (χ3v) is 26.5. The van der Waals surface area contributed by atoms with Crippen LogP contribution in [-0.2, 0) is 54.9 Å². The molecule has 3 saturated heterocycles. The first-order valence-electron chi connectivity index (χ1n) is 37.7. The molecule has 5 aliphatic rings. The van der Waals surface area contributed by atoms with Gasteiger partial charge in [-0.05, 0) is 152 Å². The first-order valence-corrected chi connectivity index (χ1v) is 42.9. The van der Waals surface area contributed by atoms with Gasteiger partial charge in [-0.15, -0.1) is 23.1 Å². The molecule has 4 aliphatic heterocycles. The molecule has 0 bridgehead atoms. The van der Waals surface area contributed by atoms with E-state index in [-0.39, 0.29) is 81.2 Å². The molecule has 6 atom stereocenters. The Morgan fingerprint density at radius 1 is 0.820 bits per heavy atom. The number of alkyl halides is 3. The molecule has 6 aromatic rings. The quantitative estimate of drug-likeness (QED) is 0.0174. The average Bonchev–Trinajstić information content (AvgIpc) is 1.46. The third-order valence-electron chi connectivity index (χ3n) is 21.3. The molecule has 111 heavy (non-hydrogen) atoms. The fourth-order valence-corrected chi connectivity index (χ4v) is 19.1. The van der Waals surface area contributed by atoms with Crippen LogP contribution in [0.3, 0.4) is 0 Å². The van der Waals surface area contributed by atoms with Gasteiger partial charge in [-0.3, -0.25) is 33.8 Å². The number of aromatic nitrogens is 1. The van der Waals surface area contributed by atoms with Crippen molar-refractivity contribution in [3.8, 4) is 10.4 Å². The van der Waals surface area contributed by atoms with Crippen LogP contribution in [-0.4, -0.2) is 223 Å². The Balaban J connectivity index is 0.617. The molecule has 1 aromatic heterocycles. The Morgan fingerprint density at radius 2 is 1.53 bits per heavy atom. The van der Waals surface area contributed by atoms with Gasteiger partial charge in [0.05, 0.1) is 65.2 Å². The molecule has 600 valence electrons. The van der Waals surface area contributed by atoms with Crippen LogP contribution in [0, 0.1) is 17.8 Å². The number of sulfonamides is 1. The molecule has 11 rings (SSSR count). The van der Waals surface area contributed by atoms with E-state index < -0.39 is 100 Å². The van der Waals surface area contributed by atoms with E-state index in [1.54, 1.807) is 33.9 Å². The number of aliphatic hydroxyl groups excluding tert-OH is 1. The van der Waals surface area contributed by atoms with Crippen LogP contribution in [0.15, 0.2) is 141 Å². The van der Waals surface area contributed by atoms with Crippen molar-refractivity contribution in [2.75, 3.05) is 121 Å². The van der Waals surface area contributed by atoms with E-state index in [2.05, 4.69) is 66.9 Å². The van der Waals surface area contributed by atoms with Crippen molar-refractivity contribution >= 4 is 101 Å². The second-order valence-electron chi connectivity index (χ2n) is 31.1. The van der Waals surface area contributed by atoms with Gasteiger partial charge < -0.3 is 50.5 Å². The highest BCUT2D eigenvalue weighted by Crippen LogP contribution is 2.44. The molecule has 3 fully saturated rings. The number of carbonyl (C=O) groups is 5. The summed E-state index contributed by atoms with van der Waals surface area (Å²) >= 11 is 9.20. The number of aryl methyl sites for hydroxylation is 2. The van der Waals surface area contributed by atoms with Gasteiger partial charge in [0, 0.05) is 117 Å². The van der Waals surface area contributed by atoms with Gasteiger partial charge in [0.2, 0.25) is 23.6 Å². The van der Waals surface area contributed by atoms with Gasteiger partial charge in [-0.1, -0.05) is 106 Å². The summed E-state index contributed by atoms with van der Waals surface area (Å²) in [6.07, 6.45) is 3.92. The van der Waals surface area contributed by atoms with Crippen LogP contribution in [0.1, 0.15) is 119 Å². The van der Waals surface area contributed by atoms with Crippen LogP contribution in [0.2, 0.25) is 5.02 Å². The number of thioether (sulfide) groups is 1. The molecule has 1 aliphatic carbocycles. The van der Waals surface area contributed by atoms with Crippen molar-refractivity contribution < 1.29 is 68.6 Å². The zero-order chi connectivity index (χ0) is 79.6. The monoisotopic (exact) mass is 1630 g/mol. The average molecular weight is 1630 g/mol. The Bertz CT molecular complexity index is 4540. The molecule has 5 heterocycles. The summed E-state index contributed by atoms with van der Waals surface area (Å²) in [7, 11) is -11.1. The van der Waals surface area contributed by atoms with Gasteiger partial charge in [0.25, 0.3) is 25.8 Å². The van der Waals surface area contributed by atoms with E-state index in [1.807, 2.05) is 106 Å². The minimum absolute atomic E-state index is 0.0140. The Morgan fingerprint density at radius 3 is 2.23 bits per heavy atom. The first-order chi connectivity index (χ1) is 52.7. The van der Waals surface area contributed by atoms with Gasteiger partial charge in [-0.25, -0.2) is 26.5 Å². The number of allylic oxidation sites excluding steroid dienone is 1. The number of thiazole rings is 1. The number of nitrogens with zero attached hydrogens (tertiary/aromatic N) is 6. The predicted octanol–water partition coefficient (Wildman–Crippen LogP) is 10.4. The van der Waals surface area contributed by atoms with Crippen molar-refractivity contribution in [3.63, 3.8) is 0 Å². The summed E-state index contributed by atoms with van der Waals surface area (Å²) in [4.78, 5) is 82.4. The van der Waals surface area contributed by atoms with Crippen molar-refractivity contribution in [2.24, 2.45) is 10.8 Å². The molecule has 5 amide bonds. The summed E-state index contributed by atoms with van der Waals surface area (Å²) < 4.78 is 112. The number of hydrogen-bond acceptors (Lipinski definition) is 20. The number of piperazine rings is 2. The first kappa shape index (κ1) is 84.4. The second-order valence-corrected chi connectivity index (χ2v) is 37.1. The number of likely N-dealkylation sites (tertiary alicyclic amines) is 1. The predicted molar refractivity (Wildman–Crippen MR) is 426 cm³/mol. The number of nitrogens with one attached hydrogen (secondary N) is 5. The van der Waals surface area contributed by atoms with Gasteiger partial charge in [0.1, 0.15) is 23.6 Å². The maximum Gasteiger partial charge on any atom is 0.501 e. The lowest BCUT2D eigenvalue weighted by molar-refractivity contribution is -0.144. The summed E-state index contributed by atoms with van der Waals surface area (Å²) in [5, 5.41) is 23.3. The zero-order valence-corrected chi connectivity index (χ0v) is 67.8. The molecule has 0 saturated carbocycles. The van der Waals surface area contributed by atoms with Crippen LogP contribution in [0.5, 0.6) is 0 Å². The van der Waals surface area contributed by atoms with Crippen molar-refractivity contribution in [1.82, 2.24) is 45.3 Å². The van der Waals surface area contributed by atoms with Crippen LogP contribution >= 0.6 is 34.7 Å². The highest BCUT2D eigenvalue weighted by Gasteiger charge is 2.49. The number of ether oxygens (including phenoxy) is 2. The van der Waals surface area contributed by atoms with Crippen molar-refractivity contribution in [2.45, 2.75) is 150 Å². The number of sulfone groups is 1. The second kappa shape index (κ2) is 36.8.